The number of piperidine rings is 1. The van der Waals surface area contributed by atoms with Crippen molar-refractivity contribution in [1.29, 1.82) is 0 Å². The molecule has 1 aromatic heterocycles. The smallest absolute Gasteiger partial charge is 0.123 e. The van der Waals surface area contributed by atoms with Crippen LogP contribution < -0.4 is 4.74 Å². The molecule has 1 saturated heterocycles. The minimum Gasteiger partial charge on any atom is -0.494 e. The van der Waals surface area contributed by atoms with Crippen LogP contribution in [0.1, 0.15) is 25.1 Å². The molecule has 0 radical (unpaired) electrons. The largest absolute Gasteiger partial charge is 0.494 e. The second-order valence-corrected chi connectivity index (χ2v) is 7.96. The predicted octanol–water partition coefficient (Wildman–Crippen LogP) is 3.62. The SMILES string of the molecule is Cn1c(CN2CCCC(CO)(CCOc3ccccc3)C2)nc2ccccc21. The summed E-state index contributed by atoms with van der Waals surface area (Å²) in [7, 11) is 2.08. The molecule has 28 heavy (non-hydrogen) atoms. The zero-order valence-corrected chi connectivity index (χ0v) is 16.6. The van der Waals surface area contributed by atoms with E-state index in [1.807, 2.05) is 36.4 Å². The predicted molar refractivity (Wildman–Crippen MR) is 111 cm³/mol. The molecule has 0 bridgehead atoms. The number of para-hydroxylation sites is 3. The molecule has 1 fully saturated rings. The Labute approximate surface area is 166 Å². The topological polar surface area (TPSA) is 50.5 Å². The molecule has 0 saturated carbocycles. The molecule has 1 aliphatic rings. The van der Waals surface area contributed by atoms with Crippen LogP contribution >= 0.6 is 0 Å². The van der Waals surface area contributed by atoms with E-state index in [9.17, 15) is 5.11 Å². The zero-order valence-electron chi connectivity index (χ0n) is 16.6. The Bertz CT molecular complexity index is 909. The molecule has 4 rings (SSSR count). The van der Waals surface area contributed by atoms with Gasteiger partial charge in [-0.3, -0.25) is 4.90 Å². The van der Waals surface area contributed by atoms with Crippen LogP contribution in [-0.2, 0) is 13.6 Å². The molecule has 1 unspecified atom stereocenters. The number of nitrogens with zero attached hydrogens (tertiary/aromatic N) is 3. The van der Waals surface area contributed by atoms with E-state index >= 15 is 0 Å². The number of aromatic nitrogens is 2. The zero-order chi connectivity index (χ0) is 19.4. The summed E-state index contributed by atoms with van der Waals surface area (Å²) in [4.78, 5) is 7.25. The molecule has 1 atom stereocenters. The van der Waals surface area contributed by atoms with Gasteiger partial charge in [0.1, 0.15) is 11.6 Å². The van der Waals surface area contributed by atoms with Gasteiger partial charge in [-0.25, -0.2) is 4.98 Å². The van der Waals surface area contributed by atoms with E-state index in [1.54, 1.807) is 0 Å². The number of hydrogen-bond donors (Lipinski definition) is 1. The number of imidazole rings is 1. The monoisotopic (exact) mass is 379 g/mol. The molecule has 148 valence electrons. The third-order valence-corrected chi connectivity index (χ3v) is 5.96. The van der Waals surface area contributed by atoms with Crippen molar-refractivity contribution in [3.8, 4) is 5.75 Å². The number of aliphatic hydroxyl groups is 1. The third kappa shape index (κ3) is 4.05. The van der Waals surface area contributed by atoms with Gasteiger partial charge >= 0.3 is 0 Å². The Kier molecular flexibility index (Phi) is 5.64. The summed E-state index contributed by atoms with van der Waals surface area (Å²) in [5.74, 6) is 1.97. The van der Waals surface area contributed by atoms with Crippen molar-refractivity contribution in [2.45, 2.75) is 25.8 Å². The lowest BCUT2D eigenvalue weighted by molar-refractivity contribution is 0.0117. The molecule has 5 heteroatoms. The standard InChI is InChI=1S/C23H29N3O2/c1-25-21-11-6-5-10-20(21)24-22(25)16-26-14-7-12-23(17-26,18-27)13-15-28-19-8-3-2-4-9-19/h2-6,8-11,27H,7,12-18H2,1H3. The molecule has 0 spiro atoms. The average Bonchev–Trinajstić information content (AvgIpc) is 3.05. The van der Waals surface area contributed by atoms with Gasteiger partial charge in [0.05, 0.1) is 30.8 Å². The number of likely N-dealkylation sites (tertiary alicyclic amines) is 1. The fourth-order valence-corrected chi connectivity index (χ4v) is 4.30. The first kappa shape index (κ1) is 19.0. The van der Waals surface area contributed by atoms with Gasteiger partial charge in [0, 0.05) is 19.0 Å². The number of aliphatic hydroxyl groups excluding tert-OH is 1. The first-order chi connectivity index (χ1) is 13.7. The molecule has 2 aromatic carbocycles. The molecule has 1 aliphatic heterocycles. The van der Waals surface area contributed by atoms with Gasteiger partial charge in [-0.05, 0) is 50.1 Å². The highest BCUT2D eigenvalue weighted by molar-refractivity contribution is 5.75. The minimum absolute atomic E-state index is 0.0996. The number of rotatable bonds is 7. The Morgan fingerprint density at radius 3 is 2.68 bits per heavy atom. The average molecular weight is 380 g/mol. The number of fused-ring (bicyclic) bond motifs is 1. The second kappa shape index (κ2) is 8.33. The van der Waals surface area contributed by atoms with Crippen LogP contribution in [0.5, 0.6) is 5.75 Å². The molecule has 2 heterocycles. The summed E-state index contributed by atoms with van der Waals surface area (Å²) in [5, 5.41) is 10.2. The van der Waals surface area contributed by atoms with Crippen molar-refractivity contribution in [3.63, 3.8) is 0 Å². The van der Waals surface area contributed by atoms with E-state index in [0.717, 1.165) is 56.0 Å². The highest BCUT2D eigenvalue weighted by Gasteiger charge is 2.35. The Morgan fingerprint density at radius 2 is 1.89 bits per heavy atom. The summed E-state index contributed by atoms with van der Waals surface area (Å²) in [6, 6.07) is 18.2. The minimum atomic E-state index is -0.0996. The summed E-state index contributed by atoms with van der Waals surface area (Å²) in [6.07, 6.45) is 2.99. The summed E-state index contributed by atoms with van der Waals surface area (Å²) in [5.41, 5.74) is 2.11. The van der Waals surface area contributed by atoms with E-state index < -0.39 is 0 Å². The van der Waals surface area contributed by atoms with Crippen LogP contribution in [0.2, 0.25) is 0 Å². The Hall–Kier alpha value is -2.37. The molecular weight excluding hydrogens is 350 g/mol. The van der Waals surface area contributed by atoms with Crippen molar-refractivity contribution in [1.82, 2.24) is 14.5 Å². The van der Waals surface area contributed by atoms with Crippen LogP contribution in [0.25, 0.3) is 11.0 Å². The fourth-order valence-electron chi connectivity index (χ4n) is 4.30. The maximum Gasteiger partial charge on any atom is 0.123 e. The van der Waals surface area contributed by atoms with Crippen LogP contribution in [0.4, 0.5) is 0 Å². The fraction of sp³-hybridized carbons (Fsp3) is 0.435. The number of ether oxygens (including phenoxy) is 1. The lowest BCUT2D eigenvalue weighted by Gasteiger charge is -2.41. The van der Waals surface area contributed by atoms with Gasteiger partial charge in [-0.15, -0.1) is 0 Å². The van der Waals surface area contributed by atoms with Crippen molar-refractivity contribution in [2.75, 3.05) is 26.3 Å². The van der Waals surface area contributed by atoms with Crippen molar-refractivity contribution in [3.05, 3.63) is 60.4 Å². The Balaban J connectivity index is 1.40. The van der Waals surface area contributed by atoms with Crippen LogP contribution in [-0.4, -0.2) is 45.9 Å². The number of aryl methyl sites for hydroxylation is 1. The first-order valence-corrected chi connectivity index (χ1v) is 10.1. The summed E-state index contributed by atoms with van der Waals surface area (Å²) >= 11 is 0. The van der Waals surface area contributed by atoms with Crippen LogP contribution in [0.3, 0.4) is 0 Å². The van der Waals surface area contributed by atoms with Gasteiger partial charge in [0.2, 0.25) is 0 Å². The van der Waals surface area contributed by atoms with Crippen LogP contribution in [0.15, 0.2) is 54.6 Å². The van der Waals surface area contributed by atoms with E-state index in [4.69, 9.17) is 9.72 Å². The second-order valence-electron chi connectivity index (χ2n) is 7.96. The maximum atomic E-state index is 10.2. The van der Waals surface area contributed by atoms with Gasteiger partial charge in [0.25, 0.3) is 0 Å². The first-order valence-electron chi connectivity index (χ1n) is 10.1. The maximum absolute atomic E-state index is 10.2. The van der Waals surface area contributed by atoms with Crippen molar-refractivity contribution >= 4 is 11.0 Å². The van der Waals surface area contributed by atoms with E-state index in [2.05, 4.69) is 34.7 Å². The van der Waals surface area contributed by atoms with E-state index in [1.165, 1.54) is 5.52 Å². The number of benzene rings is 2. The lowest BCUT2D eigenvalue weighted by Crippen LogP contribution is -2.46. The summed E-state index contributed by atoms with van der Waals surface area (Å²) in [6.45, 7) is 3.57. The van der Waals surface area contributed by atoms with Crippen molar-refractivity contribution < 1.29 is 9.84 Å². The molecule has 3 aromatic rings. The van der Waals surface area contributed by atoms with Crippen molar-refractivity contribution in [2.24, 2.45) is 12.5 Å². The number of hydrogen-bond acceptors (Lipinski definition) is 4. The van der Waals surface area contributed by atoms with Gasteiger partial charge in [0.15, 0.2) is 0 Å². The molecule has 1 N–H and O–H groups in total. The summed E-state index contributed by atoms with van der Waals surface area (Å²) < 4.78 is 8.09. The van der Waals surface area contributed by atoms with Gasteiger partial charge < -0.3 is 14.4 Å². The van der Waals surface area contributed by atoms with Gasteiger partial charge in [-0.1, -0.05) is 30.3 Å². The third-order valence-electron chi connectivity index (χ3n) is 5.96. The molecule has 5 nitrogen and oxygen atoms in total. The lowest BCUT2D eigenvalue weighted by atomic mass is 9.78. The van der Waals surface area contributed by atoms with E-state index in [-0.39, 0.29) is 12.0 Å². The highest BCUT2D eigenvalue weighted by atomic mass is 16.5. The molecule has 0 amide bonds. The van der Waals surface area contributed by atoms with Gasteiger partial charge in [-0.2, -0.15) is 0 Å². The van der Waals surface area contributed by atoms with Crippen LogP contribution in [0, 0.1) is 5.41 Å². The van der Waals surface area contributed by atoms with E-state index in [0.29, 0.717) is 6.61 Å². The molecular formula is C23H29N3O2. The highest BCUT2D eigenvalue weighted by Crippen LogP contribution is 2.34. The normalized spacial score (nSPS) is 20.5. The quantitative estimate of drug-likeness (QED) is 0.681. The molecule has 0 aliphatic carbocycles. The Morgan fingerprint density at radius 1 is 1.11 bits per heavy atom.